The summed E-state index contributed by atoms with van der Waals surface area (Å²) >= 11 is 0. The first kappa shape index (κ1) is 20.1. The highest BCUT2D eigenvalue weighted by Gasteiger charge is 2.51. The maximum Gasteiger partial charge on any atom is 0.239 e. The van der Waals surface area contributed by atoms with Crippen LogP contribution in [0, 0.1) is 23.2 Å². The predicted molar refractivity (Wildman–Crippen MR) is 113 cm³/mol. The van der Waals surface area contributed by atoms with Crippen molar-refractivity contribution in [1.82, 2.24) is 15.5 Å². The van der Waals surface area contributed by atoms with Gasteiger partial charge in [-0.05, 0) is 99.8 Å². The van der Waals surface area contributed by atoms with Gasteiger partial charge in [-0.25, -0.2) is 0 Å². The van der Waals surface area contributed by atoms with Crippen LogP contribution in [0.5, 0.6) is 0 Å². The number of hydrogen-bond acceptors (Lipinski definition) is 4. The van der Waals surface area contributed by atoms with Crippen molar-refractivity contribution in [2.75, 3.05) is 26.2 Å². The van der Waals surface area contributed by atoms with E-state index >= 15 is 0 Å². The molecule has 6 heteroatoms. The van der Waals surface area contributed by atoms with E-state index in [4.69, 9.17) is 4.42 Å². The minimum atomic E-state index is -0.121. The zero-order chi connectivity index (χ0) is 20.6. The number of hydrogen-bond donors (Lipinski definition) is 2. The van der Waals surface area contributed by atoms with E-state index in [1.165, 1.54) is 51.4 Å². The maximum absolute atomic E-state index is 12.7. The second-order valence-electron chi connectivity index (χ2n) is 10.4. The molecule has 1 unspecified atom stereocenters. The first-order valence-electron chi connectivity index (χ1n) is 11.9. The molecule has 4 saturated carbocycles. The first-order valence-corrected chi connectivity index (χ1v) is 11.9. The maximum atomic E-state index is 12.7. The summed E-state index contributed by atoms with van der Waals surface area (Å²) < 4.78 is 5.61. The fraction of sp³-hybridized carbons (Fsp3) is 0.750. The number of nitrogens with one attached hydrogen (secondary N) is 2. The molecule has 2 amide bonds. The smallest absolute Gasteiger partial charge is 0.239 e. The number of likely N-dealkylation sites (tertiary alicyclic amines) is 1. The van der Waals surface area contributed by atoms with Crippen LogP contribution in [0.3, 0.4) is 0 Å². The number of furan rings is 1. The normalized spacial score (nSPS) is 33.5. The summed E-state index contributed by atoms with van der Waals surface area (Å²) in [5.74, 6) is 3.35. The second kappa shape index (κ2) is 8.37. The topological polar surface area (TPSA) is 74.6 Å². The molecule has 1 aromatic rings. The Hall–Kier alpha value is -1.82. The highest BCUT2D eigenvalue weighted by molar-refractivity contribution is 5.85. The Morgan fingerprint density at radius 2 is 1.70 bits per heavy atom. The van der Waals surface area contributed by atoms with Crippen LogP contribution in [0.1, 0.15) is 69.6 Å². The van der Waals surface area contributed by atoms with E-state index in [0.29, 0.717) is 13.0 Å². The van der Waals surface area contributed by atoms with Gasteiger partial charge >= 0.3 is 0 Å². The van der Waals surface area contributed by atoms with Gasteiger partial charge < -0.3 is 15.1 Å². The Morgan fingerprint density at radius 1 is 1.03 bits per heavy atom. The van der Waals surface area contributed by atoms with E-state index in [2.05, 4.69) is 15.5 Å². The van der Waals surface area contributed by atoms with Gasteiger partial charge in [0.2, 0.25) is 11.8 Å². The van der Waals surface area contributed by atoms with Crippen LogP contribution in [0.2, 0.25) is 0 Å². The molecule has 5 fully saturated rings. The Bertz CT molecular complexity index is 718. The lowest BCUT2D eigenvalue weighted by Gasteiger charge is -2.56. The SMILES string of the molecule is O=C(CNC(=O)CC12CC3CC(CC(C3)C1)C2)NCC(c1ccco1)N1CCCC1. The zero-order valence-corrected chi connectivity index (χ0v) is 17.9. The Morgan fingerprint density at radius 3 is 2.30 bits per heavy atom. The summed E-state index contributed by atoms with van der Waals surface area (Å²) in [6, 6.07) is 3.93. The highest BCUT2D eigenvalue weighted by Crippen LogP contribution is 2.61. The molecule has 4 aliphatic carbocycles. The van der Waals surface area contributed by atoms with Crippen LogP contribution in [-0.2, 0) is 9.59 Å². The van der Waals surface area contributed by atoms with Crippen molar-refractivity contribution in [3.63, 3.8) is 0 Å². The number of rotatable bonds is 8. The van der Waals surface area contributed by atoms with Gasteiger partial charge in [0.15, 0.2) is 0 Å². The lowest BCUT2D eigenvalue weighted by atomic mass is 9.49. The summed E-state index contributed by atoms with van der Waals surface area (Å²) in [4.78, 5) is 27.4. The molecule has 4 bridgehead atoms. The van der Waals surface area contributed by atoms with E-state index < -0.39 is 0 Å². The van der Waals surface area contributed by atoms with Gasteiger partial charge in [-0.1, -0.05) is 0 Å². The molecule has 2 N–H and O–H groups in total. The van der Waals surface area contributed by atoms with E-state index in [1.54, 1.807) is 6.26 Å². The van der Waals surface area contributed by atoms with E-state index in [9.17, 15) is 9.59 Å². The van der Waals surface area contributed by atoms with Gasteiger partial charge in [0.1, 0.15) is 5.76 Å². The van der Waals surface area contributed by atoms with Crippen molar-refractivity contribution in [2.24, 2.45) is 23.2 Å². The van der Waals surface area contributed by atoms with Gasteiger partial charge in [-0.3, -0.25) is 14.5 Å². The van der Waals surface area contributed by atoms with E-state index in [-0.39, 0.29) is 29.8 Å². The lowest BCUT2D eigenvalue weighted by Crippen LogP contribution is -2.48. The summed E-state index contributed by atoms with van der Waals surface area (Å²) in [7, 11) is 0. The number of amides is 2. The number of carbonyl (C=O) groups excluding carboxylic acids is 2. The fourth-order valence-electron chi connectivity index (χ4n) is 7.31. The Labute approximate surface area is 179 Å². The van der Waals surface area contributed by atoms with Gasteiger partial charge in [-0.15, -0.1) is 0 Å². The molecule has 0 aromatic carbocycles. The van der Waals surface area contributed by atoms with Crippen LogP contribution in [0.25, 0.3) is 0 Å². The average Bonchev–Trinajstić information content (AvgIpc) is 3.40. The van der Waals surface area contributed by atoms with Crippen LogP contribution in [-0.4, -0.2) is 42.9 Å². The quantitative estimate of drug-likeness (QED) is 0.686. The number of nitrogens with zero attached hydrogens (tertiary/aromatic N) is 1. The van der Waals surface area contributed by atoms with Crippen LogP contribution in [0.15, 0.2) is 22.8 Å². The molecular weight excluding hydrogens is 378 g/mol. The zero-order valence-electron chi connectivity index (χ0n) is 17.9. The largest absolute Gasteiger partial charge is 0.468 e. The van der Waals surface area contributed by atoms with Crippen molar-refractivity contribution >= 4 is 11.8 Å². The van der Waals surface area contributed by atoms with Crippen molar-refractivity contribution in [3.05, 3.63) is 24.2 Å². The van der Waals surface area contributed by atoms with Crippen LogP contribution in [0.4, 0.5) is 0 Å². The average molecular weight is 414 g/mol. The highest BCUT2D eigenvalue weighted by atomic mass is 16.3. The van der Waals surface area contributed by atoms with Gasteiger partial charge in [-0.2, -0.15) is 0 Å². The summed E-state index contributed by atoms with van der Waals surface area (Å²) in [6.45, 7) is 2.64. The van der Waals surface area contributed by atoms with E-state index in [0.717, 1.165) is 36.6 Å². The Balaban J connectivity index is 1.09. The molecule has 0 radical (unpaired) electrons. The first-order chi connectivity index (χ1) is 14.6. The van der Waals surface area contributed by atoms with Crippen LogP contribution < -0.4 is 10.6 Å². The summed E-state index contributed by atoms with van der Waals surface area (Å²) in [5.41, 5.74) is 0.218. The van der Waals surface area contributed by atoms with Crippen molar-refractivity contribution in [1.29, 1.82) is 0 Å². The third kappa shape index (κ3) is 4.29. The van der Waals surface area contributed by atoms with Crippen molar-refractivity contribution in [3.8, 4) is 0 Å². The Kier molecular flexibility index (Phi) is 5.61. The van der Waals surface area contributed by atoms with Crippen molar-refractivity contribution in [2.45, 2.75) is 63.8 Å². The molecule has 1 atom stereocenters. The number of carbonyl (C=O) groups is 2. The molecule has 2 heterocycles. The minimum absolute atomic E-state index is 0.0502. The third-order valence-corrected chi connectivity index (χ3v) is 8.09. The molecule has 6 nitrogen and oxygen atoms in total. The summed E-state index contributed by atoms with van der Waals surface area (Å²) in [5, 5.41) is 5.90. The van der Waals surface area contributed by atoms with Crippen molar-refractivity contribution < 1.29 is 14.0 Å². The molecule has 1 saturated heterocycles. The molecule has 30 heavy (non-hydrogen) atoms. The van der Waals surface area contributed by atoms with Crippen LogP contribution >= 0.6 is 0 Å². The molecule has 1 aromatic heterocycles. The molecule has 5 aliphatic rings. The fourth-order valence-corrected chi connectivity index (χ4v) is 7.31. The van der Waals surface area contributed by atoms with Gasteiger partial charge in [0.05, 0.1) is 18.8 Å². The lowest BCUT2D eigenvalue weighted by molar-refractivity contribution is -0.132. The molecule has 0 spiro atoms. The second-order valence-corrected chi connectivity index (χ2v) is 10.4. The standard InChI is InChI=1S/C24H35N3O3/c28-22(14-24-11-17-8-18(12-24)10-19(9-17)13-24)26-16-23(29)25-15-20(21-4-3-7-30-21)27-5-1-2-6-27/h3-4,7,17-20H,1-2,5-6,8-16H2,(H,25,29)(H,26,28). The summed E-state index contributed by atoms with van der Waals surface area (Å²) in [6.07, 6.45) is 12.5. The van der Waals surface area contributed by atoms with Gasteiger partial charge in [0.25, 0.3) is 0 Å². The van der Waals surface area contributed by atoms with Gasteiger partial charge in [0, 0.05) is 13.0 Å². The van der Waals surface area contributed by atoms with E-state index in [1.807, 2.05) is 12.1 Å². The third-order valence-electron chi connectivity index (χ3n) is 8.09. The minimum Gasteiger partial charge on any atom is -0.468 e. The monoisotopic (exact) mass is 413 g/mol. The molecular formula is C24H35N3O3. The molecule has 164 valence electrons. The predicted octanol–water partition coefficient (Wildman–Crippen LogP) is 3.26. The molecule has 6 rings (SSSR count). The molecule has 1 aliphatic heterocycles.